The molecule has 0 aliphatic heterocycles. The number of hydrogen-bond donors (Lipinski definition) is 1. The fourth-order valence-electron chi connectivity index (χ4n) is 2.08. The maximum absolute atomic E-state index is 11.0. The van der Waals surface area contributed by atoms with E-state index in [0.29, 0.717) is 5.75 Å². The number of carboxylic acids is 1. The summed E-state index contributed by atoms with van der Waals surface area (Å²) < 4.78 is 5.99. The standard InChI is InChI=1S/C17H18O3/c1-12(2)16(13-7-4-3-5-8-13)20-15-10-6-9-14(11-15)17(18)19/h3-12,16H,1-2H3,(H,18,19). The average Bonchev–Trinajstić information content (AvgIpc) is 2.45. The molecule has 0 aliphatic carbocycles. The molecule has 20 heavy (non-hydrogen) atoms. The predicted octanol–water partition coefficient (Wildman–Crippen LogP) is 4.16. The molecule has 0 saturated carbocycles. The third-order valence-corrected chi connectivity index (χ3v) is 3.08. The van der Waals surface area contributed by atoms with E-state index in [0.717, 1.165) is 5.56 Å². The minimum atomic E-state index is -0.948. The number of ether oxygens (including phenoxy) is 1. The quantitative estimate of drug-likeness (QED) is 0.887. The van der Waals surface area contributed by atoms with E-state index < -0.39 is 5.97 Å². The summed E-state index contributed by atoms with van der Waals surface area (Å²) in [6, 6.07) is 16.5. The molecule has 2 rings (SSSR count). The molecule has 0 amide bonds. The second-order valence-electron chi connectivity index (χ2n) is 5.03. The van der Waals surface area contributed by atoms with Gasteiger partial charge in [0, 0.05) is 0 Å². The Labute approximate surface area is 118 Å². The summed E-state index contributed by atoms with van der Waals surface area (Å²) >= 11 is 0. The lowest BCUT2D eigenvalue weighted by atomic mass is 9.99. The van der Waals surface area contributed by atoms with E-state index in [1.54, 1.807) is 24.3 Å². The predicted molar refractivity (Wildman–Crippen MR) is 78.1 cm³/mol. The first-order chi connectivity index (χ1) is 9.58. The van der Waals surface area contributed by atoms with Crippen LogP contribution < -0.4 is 4.74 Å². The SMILES string of the molecule is CC(C)C(Oc1cccc(C(=O)O)c1)c1ccccc1. The van der Waals surface area contributed by atoms with Crippen LogP contribution in [0.3, 0.4) is 0 Å². The monoisotopic (exact) mass is 270 g/mol. The van der Waals surface area contributed by atoms with E-state index in [-0.39, 0.29) is 17.6 Å². The number of hydrogen-bond acceptors (Lipinski definition) is 2. The van der Waals surface area contributed by atoms with Crippen molar-refractivity contribution in [3.63, 3.8) is 0 Å². The lowest BCUT2D eigenvalue weighted by molar-refractivity contribution is 0.0695. The Bertz CT molecular complexity index is 576. The molecule has 2 aromatic carbocycles. The van der Waals surface area contributed by atoms with Gasteiger partial charge in [-0.15, -0.1) is 0 Å². The van der Waals surface area contributed by atoms with Gasteiger partial charge in [0.05, 0.1) is 5.56 Å². The van der Waals surface area contributed by atoms with Gasteiger partial charge in [0.25, 0.3) is 0 Å². The molecule has 0 aromatic heterocycles. The summed E-state index contributed by atoms with van der Waals surface area (Å²) in [5.74, 6) is -0.0883. The molecule has 1 atom stereocenters. The molecule has 2 aromatic rings. The summed E-state index contributed by atoms with van der Waals surface area (Å²) in [5, 5.41) is 9.01. The van der Waals surface area contributed by atoms with Crippen molar-refractivity contribution < 1.29 is 14.6 Å². The smallest absolute Gasteiger partial charge is 0.335 e. The van der Waals surface area contributed by atoms with Crippen LogP contribution in [0.2, 0.25) is 0 Å². The number of carbonyl (C=O) groups is 1. The topological polar surface area (TPSA) is 46.5 Å². The number of benzene rings is 2. The van der Waals surface area contributed by atoms with Crippen LogP contribution in [0.15, 0.2) is 54.6 Å². The Kier molecular flexibility index (Phi) is 4.41. The molecule has 1 unspecified atom stereocenters. The van der Waals surface area contributed by atoms with Gasteiger partial charge in [0.2, 0.25) is 0 Å². The summed E-state index contributed by atoms with van der Waals surface area (Å²) in [6.07, 6.45) is -0.0970. The third-order valence-electron chi connectivity index (χ3n) is 3.08. The Morgan fingerprint density at radius 3 is 2.35 bits per heavy atom. The van der Waals surface area contributed by atoms with E-state index in [9.17, 15) is 4.79 Å². The van der Waals surface area contributed by atoms with E-state index in [1.807, 2.05) is 30.3 Å². The van der Waals surface area contributed by atoms with Crippen molar-refractivity contribution in [1.29, 1.82) is 0 Å². The molecular weight excluding hydrogens is 252 g/mol. The molecule has 0 saturated heterocycles. The van der Waals surface area contributed by atoms with Crippen LogP contribution in [0.4, 0.5) is 0 Å². The van der Waals surface area contributed by atoms with Crippen LogP contribution in [0.5, 0.6) is 5.75 Å². The first-order valence-electron chi connectivity index (χ1n) is 6.63. The summed E-state index contributed by atoms with van der Waals surface area (Å²) in [5.41, 5.74) is 1.32. The van der Waals surface area contributed by atoms with Crippen LogP contribution in [0.1, 0.15) is 35.9 Å². The molecule has 0 heterocycles. The number of carboxylic acid groups (broad SMARTS) is 1. The highest BCUT2D eigenvalue weighted by Gasteiger charge is 2.18. The lowest BCUT2D eigenvalue weighted by Gasteiger charge is -2.23. The molecule has 0 bridgehead atoms. The van der Waals surface area contributed by atoms with Gasteiger partial charge in [-0.05, 0) is 29.7 Å². The van der Waals surface area contributed by atoms with Crippen molar-refractivity contribution in [2.24, 2.45) is 5.92 Å². The Morgan fingerprint density at radius 2 is 1.75 bits per heavy atom. The third kappa shape index (κ3) is 3.38. The zero-order valence-corrected chi connectivity index (χ0v) is 11.6. The molecule has 104 valence electrons. The van der Waals surface area contributed by atoms with Gasteiger partial charge in [-0.3, -0.25) is 0 Å². The molecule has 3 heteroatoms. The maximum Gasteiger partial charge on any atom is 0.335 e. The van der Waals surface area contributed by atoms with Crippen LogP contribution in [0.25, 0.3) is 0 Å². The Morgan fingerprint density at radius 1 is 1.05 bits per heavy atom. The summed E-state index contributed by atoms with van der Waals surface area (Å²) in [6.45, 7) is 4.16. The van der Waals surface area contributed by atoms with Crippen molar-refractivity contribution in [3.05, 3.63) is 65.7 Å². The normalized spacial score (nSPS) is 12.2. The number of rotatable bonds is 5. The van der Waals surface area contributed by atoms with E-state index in [1.165, 1.54) is 0 Å². The zero-order valence-electron chi connectivity index (χ0n) is 11.6. The van der Waals surface area contributed by atoms with E-state index >= 15 is 0 Å². The molecule has 0 spiro atoms. The number of aromatic carboxylic acids is 1. The van der Waals surface area contributed by atoms with Gasteiger partial charge in [0.15, 0.2) is 0 Å². The molecule has 0 radical (unpaired) electrons. The largest absolute Gasteiger partial charge is 0.485 e. The molecule has 1 N–H and O–H groups in total. The van der Waals surface area contributed by atoms with Crippen molar-refractivity contribution >= 4 is 5.97 Å². The lowest BCUT2D eigenvalue weighted by Crippen LogP contribution is -2.14. The molecular formula is C17H18O3. The van der Waals surface area contributed by atoms with Crippen molar-refractivity contribution in [2.75, 3.05) is 0 Å². The Hall–Kier alpha value is -2.29. The maximum atomic E-state index is 11.0. The molecule has 0 fully saturated rings. The second-order valence-corrected chi connectivity index (χ2v) is 5.03. The fraction of sp³-hybridized carbons (Fsp3) is 0.235. The van der Waals surface area contributed by atoms with E-state index in [2.05, 4.69) is 13.8 Å². The molecule has 3 nitrogen and oxygen atoms in total. The fourth-order valence-corrected chi connectivity index (χ4v) is 2.08. The second kappa shape index (κ2) is 6.24. The highest BCUT2D eigenvalue weighted by Crippen LogP contribution is 2.28. The summed E-state index contributed by atoms with van der Waals surface area (Å²) in [4.78, 5) is 11.0. The van der Waals surface area contributed by atoms with Crippen LogP contribution in [-0.2, 0) is 0 Å². The van der Waals surface area contributed by atoms with Crippen molar-refractivity contribution in [3.8, 4) is 5.75 Å². The van der Waals surface area contributed by atoms with Gasteiger partial charge in [0.1, 0.15) is 11.9 Å². The minimum absolute atomic E-state index is 0.0970. The summed E-state index contributed by atoms with van der Waals surface area (Å²) in [7, 11) is 0. The minimum Gasteiger partial charge on any atom is -0.485 e. The van der Waals surface area contributed by atoms with Crippen molar-refractivity contribution in [2.45, 2.75) is 20.0 Å². The van der Waals surface area contributed by atoms with E-state index in [4.69, 9.17) is 9.84 Å². The van der Waals surface area contributed by atoms with Gasteiger partial charge < -0.3 is 9.84 Å². The van der Waals surface area contributed by atoms with Gasteiger partial charge in [-0.25, -0.2) is 4.79 Å². The van der Waals surface area contributed by atoms with Crippen LogP contribution in [-0.4, -0.2) is 11.1 Å². The van der Waals surface area contributed by atoms with Crippen LogP contribution in [0, 0.1) is 5.92 Å². The highest BCUT2D eigenvalue weighted by molar-refractivity contribution is 5.88. The van der Waals surface area contributed by atoms with Gasteiger partial charge in [-0.1, -0.05) is 50.2 Å². The van der Waals surface area contributed by atoms with Crippen LogP contribution >= 0.6 is 0 Å². The molecule has 0 aliphatic rings. The Balaban J connectivity index is 2.25. The van der Waals surface area contributed by atoms with Crippen molar-refractivity contribution in [1.82, 2.24) is 0 Å². The first kappa shape index (κ1) is 14.1. The average molecular weight is 270 g/mol. The van der Waals surface area contributed by atoms with Gasteiger partial charge in [-0.2, -0.15) is 0 Å². The highest BCUT2D eigenvalue weighted by atomic mass is 16.5. The first-order valence-corrected chi connectivity index (χ1v) is 6.63. The zero-order chi connectivity index (χ0) is 14.5. The van der Waals surface area contributed by atoms with Gasteiger partial charge >= 0.3 is 5.97 Å².